The normalized spacial score (nSPS) is 23.1. The van der Waals surface area contributed by atoms with Gasteiger partial charge in [-0.2, -0.15) is 0 Å². The third-order valence-corrected chi connectivity index (χ3v) is 1.45. The van der Waals surface area contributed by atoms with Crippen molar-refractivity contribution in [2.24, 2.45) is 5.73 Å². The molecule has 1 unspecified atom stereocenters. The van der Waals surface area contributed by atoms with E-state index in [-0.39, 0.29) is 0 Å². The van der Waals surface area contributed by atoms with Crippen molar-refractivity contribution >= 4 is 0 Å². The van der Waals surface area contributed by atoms with Crippen molar-refractivity contribution < 1.29 is 4.39 Å². The number of rotatable bonds is 1. The van der Waals surface area contributed by atoms with Crippen LogP contribution >= 0.6 is 0 Å². The first kappa shape index (κ1) is 6.71. The van der Waals surface area contributed by atoms with Gasteiger partial charge in [0, 0.05) is 6.54 Å². The summed E-state index contributed by atoms with van der Waals surface area (Å²) in [5.41, 5.74) is 5.73. The highest BCUT2D eigenvalue weighted by molar-refractivity contribution is 5.10. The topological polar surface area (TPSA) is 38.0 Å². The molecule has 1 rings (SSSR count). The Hall–Kier alpha value is -0.410. The van der Waals surface area contributed by atoms with E-state index in [1.807, 2.05) is 6.08 Å². The summed E-state index contributed by atoms with van der Waals surface area (Å²) in [7, 11) is 0. The minimum Gasteiger partial charge on any atom is -0.313 e. The van der Waals surface area contributed by atoms with Gasteiger partial charge in [-0.05, 0) is 18.5 Å². The number of alkyl halides is 1. The van der Waals surface area contributed by atoms with Crippen LogP contribution in [0.4, 0.5) is 4.39 Å². The standard InChI is InChI=1S/C6H11FN2/c7-6(8)5-1-3-9-4-2-5/h1,6,9H,2-4,8H2. The van der Waals surface area contributed by atoms with E-state index in [1.165, 1.54) is 0 Å². The Labute approximate surface area is 53.9 Å². The molecule has 0 spiro atoms. The van der Waals surface area contributed by atoms with E-state index in [0.717, 1.165) is 25.1 Å². The van der Waals surface area contributed by atoms with Crippen LogP contribution in [0.1, 0.15) is 6.42 Å². The molecule has 0 bridgehead atoms. The van der Waals surface area contributed by atoms with Gasteiger partial charge in [-0.3, -0.25) is 5.73 Å². The third-order valence-electron chi connectivity index (χ3n) is 1.45. The monoisotopic (exact) mass is 130 g/mol. The largest absolute Gasteiger partial charge is 0.313 e. The Morgan fingerprint density at radius 3 is 2.89 bits per heavy atom. The fourth-order valence-electron chi connectivity index (χ4n) is 0.891. The fraction of sp³-hybridized carbons (Fsp3) is 0.667. The maximum Gasteiger partial charge on any atom is 0.170 e. The smallest absolute Gasteiger partial charge is 0.170 e. The minimum atomic E-state index is -1.24. The van der Waals surface area contributed by atoms with Crippen molar-refractivity contribution in [3.8, 4) is 0 Å². The predicted molar refractivity (Wildman–Crippen MR) is 34.7 cm³/mol. The molecule has 0 aromatic rings. The van der Waals surface area contributed by atoms with Gasteiger partial charge in [0.05, 0.1) is 0 Å². The maximum absolute atomic E-state index is 12.3. The molecule has 3 heteroatoms. The van der Waals surface area contributed by atoms with Gasteiger partial charge in [0.2, 0.25) is 0 Å². The number of nitrogens with one attached hydrogen (secondary N) is 1. The summed E-state index contributed by atoms with van der Waals surface area (Å²) < 4.78 is 12.3. The maximum atomic E-state index is 12.3. The van der Waals surface area contributed by atoms with Crippen molar-refractivity contribution in [1.82, 2.24) is 5.32 Å². The highest BCUT2D eigenvalue weighted by atomic mass is 19.1. The first-order valence-electron chi connectivity index (χ1n) is 3.10. The highest BCUT2D eigenvalue weighted by Gasteiger charge is 2.08. The van der Waals surface area contributed by atoms with Crippen LogP contribution in [-0.2, 0) is 0 Å². The summed E-state index contributed by atoms with van der Waals surface area (Å²) in [5, 5.41) is 3.07. The lowest BCUT2D eigenvalue weighted by Crippen LogP contribution is -2.27. The molecule has 0 saturated carbocycles. The molecular formula is C6H11FN2. The highest BCUT2D eigenvalue weighted by Crippen LogP contribution is 2.07. The van der Waals surface area contributed by atoms with E-state index in [2.05, 4.69) is 5.32 Å². The SMILES string of the molecule is NC(F)C1=CCNCC1. The van der Waals surface area contributed by atoms with Crippen molar-refractivity contribution in [1.29, 1.82) is 0 Å². The summed E-state index contributed by atoms with van der Waals surface area (Å²) >= 11 is 0. The van der Waals surface area contributed by atoms with Crippen LogP contribution in [0.3, 0.4) is 0 Å². The lowest BCUT2D eigenvalue weighted by atomic mass is 10.1. The fourth-order valence-corrected chi connectivity index (χ4v) is 0.891. The van der Waals surface area contributed by atoms with Crippen molar-refractivity contribution in [3.05, 3.63) is 11.6 Å². The van der Waals surface area contributed by atoms with E-state index in [9.17, 15) is 4.39 Å². The van der Waals surface area contributed by atoms with Gasteiger partial charge in [0.1, 0.15) is 0 Å². The van der Waals surface area contributed by atoms with Gasteiger partial charge in [-0.1, -0.05) is 6.08 Å². The average Bonchev–Trinajstić information content (AvgIpc) is 1.90. The lowest BCUT2D eigenvalue weighted by molar-refractivity contribution is 0.378. The van der Waals surface area contributed by atoms with Crippen LogP contribution in [-0.4, -0.2) is 19.4 Å². The van der Waals surface area contributed by atoms with Crippen LogP contribution in [0.25, 0.3) is 0 Å². The zero-order valence-electron chi connectivity index (χ0n) is 5.23. The number of hydrogen-bond donors (Lipinski definition) is 2. The summed E-state index contributed by atoms with van der Waals surface area (Å²) in [6.45, 7) is 1.61. The number of hydrogen-bond acceptors (Lipinski definition) is 2. The molecule has 1 heterocycles. The Morgan fingerprint density at radius 1 is 1.78 bits per heavy atom. The molecular weight excluding hydrogens is 119 g/mol. The second-order valence-corrected chi connectivity index (χ2v) is 2.13. The van der Waals surface area contributed by atoms with Crippen LogP contribution in [0, 0.1) is 0 Å². The van der Waals surface area contributed by atoms with E-state index in [0.29, 0.717) is 0 Å². The molecule has 0 saturated heterocycles. The average molecular weight is 130 g/mol. The Bertz CT molecular complexity index is 120. The van der Waals surface area contributed by atoms with E-state index < -0.39 is 6.30 Å². The summed E-state index contributed by atoms with van der Waals surface area (Å²) in [6, 6.07) is 0. The van der Waals surface area contributed by atoms with Gasteiger partial charge in [-0.25, -0.2) is 4.39 Å². The molecule has 2 nitrogen and oxygen atoms in total. The molecule has 3 N–H and O–H groups in total. The number of halogens is 1. The van der Waals surface area contributed by atoms with Gasteiger partial charge in [0.15, 0.2) is 6.30 Å². The quantitative estimate of drug-likeness (QED) is 0.392. The zero-order chi connectivity index (χ0) is 6.69. The molecule has 0 radical (unpaired) electrons. The minimum absolute atomic E-state index is 0.730. The van der Waals surface area contributed by atoms with Gasteiger partial charge < -0.3 is 5.32 Å². The molecule has 0 aliphatic carbocycles. The molecule has 0 amide bonds. The molecule has 1 aliphatic heterocycles. The van der Waals surface area contributed by atoms with E-state index >= 15 is 0 Å². The third kappa shape index (κ3) is 1.77. The lowest BCUT2D eigenvalue weighted by Gasteiger charge is -2.13. The van der Waals surface area contributed by atoms with Gasteiger partial charge in [-0.15, -0.1) is 0 Å². The molecule has 1 aliphatic rings. The molecule has 0 fully saturated rings. The Balaban J connectivity index is 2.46. The van der Waals surface area contributed by atoms with Crippen molar-refractivity contribution in [3.63, 3.8) is 0 Å². The second kappa shape index (κ2) is 2.94. The summed E-state index contributed by atoms with van der Waals surface area (Å²) in [4.78, 5) is 0. The van der Waals surface area contributed by atoms with E-state index in [1.54, 1.807) is 0 Å². The predicted octanol–water partition coefficient (Wildman–Crippen LogP) is 0.160. The molecule has 1 atom stereocenters. The second-order valence-electron chi connectivity index (χ2n) is 2.13. The van der Waals surface area contributed by atoms with Gasteiger partial charge in [0.25, 0.3) is 0 Å². The first-order chi connectivity index (χ1) is 4.30. The van der Waals surface area contributed by atoms with Crippen LogP contribution in [0.15, 0.2) is 11.6 Å². The summed E-state index contributed by atoms with van der Waals surface area (Å²) in [5.74, 6) is 0. The molecule has 9 heavy (non-hydrogen) atoms. The molecule has 0 aromatic carbocycles. The van der Waals surface area contributed by atoms with Gasteiger partial charge >= 0.3 is 0 Å². The molecule has 52 valence electrons. The van der Waals surface area contributed by atoms with Crippen molar-refractivity contribution in [2.45, 2.75) is 12.7 Å². The Morgan fingerprint density at radius 2 is 2.56 bits per heavy atom. The Kier molecular flexibility index (Phi) is 2.19. The van der Waals surface area contributed by atoms with Crippen molar-refractivity contribution in [2.75, 3.05) is 13.1 Å². The van der Waals surface area contributed by atoms with Crippen LogP contribution in [0.2, 0.25) is 0 Å². The van der Waals surface area contributed by atoms with E-state index in [4.69, 9.17) is 5.73 Å². The zero-order valence-corrected chi connectivity index (χ0v) is 5.23. The van der Waals surface area contributed by atoms with Crippen LogP contribution < -0.4 is 11.1 Å². The first-order valence-corrected chi connectivity index (χ1v) is 3.10. The summed E-state index contributed by atoms with van der Waals surface area (Å²) in [6.07, 6.45) is 1.32. The molecule has 0 aromatic heterocycles. The van der Waals surface area contributed by atoms with Crippen LogP contribution in [0.5, 0.6) is 0 Å². The number of nitrogens with two attached hydrogens (primary N) is 1.